The molecular weight excluding hydrogens is 302 g/mol. The SMILES string of the molecule is O=C(CNS(=O)(=O)c1c[nH]c(=O)[nH]c1=O)N1CCNCC1. The van der Waals surface area contributed by atoms with Crippen LogP contribution in [0.4, 0.5) is 0 Å². The molecule has 0 unspecified atom stereocenters. The molecular formula is C10H15N5O5S. The first-order valence-electron chi connectivity index (χ1n) is 6.20. The smallest absolute Gasteiger partial charge is 0.325 e. The van der Waals surface area contributed by atoms with E-state index in [1.54, 1.807) is 4.98 Å². The molecule has 1 fully saturated rings. The number of aromatic nitrogens is 2. The normalized spacial score (nSPS) is 15.9. The van der Waals surface area contributed by atoms with Gasteiger partial charge in [0, 0.05) is 32.4 Å². The third-order valence-electron chi connectivity index (χ3n) is 2.96. The molecule has 1 saturated heterocycles. The number of nitrogens with zero attached hydrogens (tertiary/aromatic N) is 1. The van der Waals surface area contributed by atoms with E-state index in [1.165, 1.54) is 4.90 Å². The minimum Gasteiger partial charge on any atom is -0.339 e. The summed E-state index contributed by atoms with van der Waals surface area (Å²) in [5.74, 6) is -0.374. The first-order chi connectivity index (χ1) is 9.90. The van der Waals surface area contributed by atoms with Gasteiger partial charge < -0.3 is 15.2 Å². The maximum Gasteiger partial charge on any atom is 0.325 e. The molecule has 1 aliphatic heterocycles. The summed E-state index contributed by atoms with van der Waals surface area (Å²) in [6.07, 6.45) is 0.790. The standard InChI is InChI=1S/C10H15N5O5S/c16-8(15-3-1-11-2-4-15)6-13-21(19,20)7-5-12-10(18)14-9(7)17/h5,11,13H,1-4,6H2,(H2,12,14,17,18). The number of piperazine rings is 1. The summed E-state index contributed by atoms with van der Waals surface area (Å²) in [5, 5.41) is 3.07. The molecule has 1 amide bonds. The van der Waals surface area contributed by atoms with Gasteiger partial charge in [0.15, 0.2) is 4.90 Å². The van der Waals surface area contributed by atoms with Crippen molar-refractivity contribution in [2.45, 2.75) is 4.90 Å². The lowest BCUT2D eigenvalue weighted by Gasteiger charge is -2.27. The van der Waals surface area contributed by atoms with E-state index in [0.717, 1.165) is 6.20 Å². The number of hydrogen-bond acceptors (Lipinski definition) is 6. The van der Waals surface area contributed by atoms with Gasteiger partial charge >= 0.3 is 5.69 Å². The molecule has 2 rings (SSSR count). The highest BCUT2D eigenvalue weighted by Gasteiger charge is 2.22. The largest absolute Gasteiger partial charge is 0.339 e. The molecule has 0 aromatic carbocycles. The van der Waals surface area contributed by atoms with Gasteiger partial charge in [-0.05, 0) is 0 Å². The highest BCUT2D eigenvalue weighted by Crippen LogP contribution is 1.99. The summed E-state index contributed by atoms with van der Waals surface area (Å²) in [7, 11) is -4.17. The second-order valence-electron chi connectivity index (χ2n) is 4.39. The maximum atomic E-state index is 11.9. The van der Waals surface area contributed by atoms with Crippen molar-refractivity contribution in [1.29, 1.82) is 0 Å². The van der Waals surface area contributed by atoms with Crippen LogP contribution < -0.4 is 21.3 Å². The van der Waals surface area contributed by atoms with Crippen molar-refractivity contribution >= 4 is 15.9 Å². The van der Waals surface area contributed by atoms with E-state index >= 15 is 0 Å². The van der Waals surface area contributed by atoms with Gasteiger partial charge in [-0.1, -0.05) is 0 Å². The number of carbonyl (C=O) groups is 1. The van der Waals surface area contributed by atoms with Crippen LogP contribution >= 0.6 is 0 Å². The molecule has 1 aliphatic rings. The highest BCUT2D eigenvalue weighted by atomic mass is 32.2. The van der Waals surface area contributed by atoms with Crippen LogP contribution in [0.2, 0.25) is 0 Å². The van der Waals surface area contributed by atoms with Crippen LogP contribution in [-0.2, 0) is 14.8 Å². The van der Waals surface area contributed by atoms with Crippen LogP contribution in [-0.4, -0.2) is 61.9 Å². The summed E-state index contributed by atoms with van der Waals surface area (Å²) in [6, 6.07) is 0. The molecule has 0 bridgehead atoms. The second kappa shape index (κ2) is 6.20. The minimum absolute atomic E-state index is 0.374. The molecule has 0 radical (unpaired) electrons. The summed E-state index contributed by atoms with van der Waals surface area (Å²) < 4.78 is 25.9. The van der Waals surface area contributed by atoms with Gasteiger partial charge in [0.2, 0.25) is 15.9 Å². The molecule has 1 aromatic heterocycles. The Balaban J connectivity index is 2.05. The summed E-state index contributed by atoms with van der Waals surface area (Å²) in [6.45, 7) is 1.86. The van der Waals surface area contributed by atoms with Crippen molar-refractivity contribution in [1.82, 2.24) is 24.9 Å². The number of rotatable bonds is 4. The van der Waals surface area contributed by atoms with Crippen molar-refractivity contribution in [3.05, 3.63) is 27.0 Å². The second-order valence-corrected chi connectivity index (χ2v) is 6.13. The zero-order valence-electron chi connectivity index (χ0n) is 11.0. The van der Waals surface area contributed by atoms with Crippen LogP contribution in [0.5, 0.6) is 0 Å². The van der Waals surface area contributed by atoms with E-state index in [-0.39, 0.29) is 5.91 Å². The van der Waals surface area contributed by atoms with Gasteiger partial charge in [-0.15, -0.1) is 0 Å². The number of carbonyl (C=O) groups excluding carboxylic acids is 1. The molecule has 1 aromatic rings. The van der Waals surface area contributed by atoms with Gasteiger partial charge in [0.25, 0.3) is 5.56 Å². The van der Waals surface area contributed by atoms with Gasteiger partial charge in [-0.2, -0.15) is 0 Å². The molecule has 21 heavy (non-hydrogen) atoms. The number of amides is 1. The Kier molecular flexibility index (Phi) is 4.55. The Bertz CT molecular complexity index is 731. The van der Waals surface area contributed by atoms with Gasteiger partial charge in [-0.3, -0.25) is 14.6 Å². The number of nitrogens with one attached hydrogen (secondary N) is 4. The van der Waals surface area contributed by atoms with Crippen LogP contribution in [0, 0.1) is 0 Å². The Labute approximate surface area is 119 Å². The average molecular weight is 317 g/mol. The molecule has 0 atom stereocenters. The van der Waals surface area contributed by atoms with Crippen LogP contribution in [0.3, 0.4) is 0 Å². The highest BCUT2D eigenvalue weighted by molar-refractivity contribution is 7.89. The predicted octanol–water partition coefficient (Wildman–Crippen LogP) is -3.23. The Morgan fingerprint density at radius 2 is 1.95 bits per heavy atom. The number of sulfonamides is 1. The predicted molar refractivity (Wildman–Crippen MR) is 72.3 cm³/mol. The molecule has 10 nitrogen and oxygen atoms in total. The average Bonchev–Trinajstić information content (AvgIpc) is 2.45. The molecule has 0 aliphatic carbocycles. The van der Waals surface area contributed by atoms with E-state index in [9.17, 15) is 22.8 Å². The van der Waals surface area contributed by atoms with E-state index in [2.05, 4.69) is 15.0 Å². The number of hydrogen-bond donors (Lipinski definition) is 4. The zero-order valence-corrected chi connectivity index (χ0v) is 11.8. The maximum absolute atomic E-state index is 11.9. The monoisotopic (exact) mass is 317 g/mol. The zero-order chi connectivity index (χ0) is 15.5. The topological polar surface area (TPSA) is 144 Å². The molecule has 116 valence electrons. The van der Waals surface area contributed by atoms with Crippen molar-refractivity contribution in [2.75, 3.05) is 32.7 Å². The van der Waals surface area contributed by atoms with Crippen molar-refractivity contribution in [3.63, 3.8) is 0 Å². The Hall–Kier alpha value is -1.98. The van der Waals surface area contributed by atoms with Crippen LogP contribution in [0.15, 0.2) is 20.7 Å². The molecule has 11 heteroatoms. The minimum atomic E-state index is -4.17. The number of H-pyrrole nitrogens is 2. The summed E-state index contributed by atoms with van der Waals surface area (Å²) in [5.41, 5.74) is -1.85. The van der Waals surface area contributed by atoms with Crippen LogP contribution in [0.25, 0.3) is 0 Å². The van der Waals surface area contributed by atoms with Crippen molar-refractivity contribution in [3.8, 4) is 0 Å². The summed E-state index contributed by atoms with van der Waals surface area (Å²) in [4.78, 5) is 38.9. The van der Waals surface area contributed by atoms with Gasteiger partial charge in [0.1, 0.15) is 0 Å². The third kappa shape index (κ3) is 3.77. The Morgan fingerprint density at radius 1 is 1.29 bits per heavy atom. The van der Waals surface area contributed by atoms with Crippen molar-refractivity contribution < 1.29 is 13.2 Å². The molecule has 2 heterocycles. The first kappa shape index (κ1) is 15.4. The number of aromatic amines is 2. The molecule has 0 saturated carbocycles. The van der Waals surface area contributed by atoms with Gasteiger partial charge in [0.05, 0.1) is 6.54 Å². The van der Waals surface area contributed by atoms with Crippen molar-refractivity contribution in [2.24, 2.45) is 0 Å². The van der Waals surface area contributed by atoms with E-state index in [4.69, 9.17) is 0 Å². The lowest BCUT2D eigenvalue weighted by Crippen LogP contribution is -2.49. The Morgan fingerprint density at radius 3 is 2.57 bits per heavy atom. The third-order valence-corrected chi connectivity index (χ3v) is 4.36. The molecule has 0 spiro atoms. The van der Waals surface area contributed by atoms with E-state index in [0.29, 0.717) is 26.2 Å². The lowest BCUT2D eigenvalue weighted by molar-refractivity contribution is -0.130. The van der Waals surface area contributed by atoms with Gasteiger partial charge in [-0.25, -0.2) is 17.9 Å². The first-order valence-corrected chi connectivity index (χ1v) is 7.68. The van der Waals surface area contributed by atoms with E-state index < -0.39 is 32.7 Å². The quantitative estimate of drug-likeness (QED) is 0.460. The lowest BCUT2D eigenvalue weighted by atomic mass is 10.3. The van der Waals surface area contributed by atoms with E-state index in [1.807, 2.05) is 0 Å². The fourth-order valence-electron chi connectivity index (χ4n) is 1.86. The fourth-order valence-corrected chi connectivity index (χ4v) is 2.84. The van der Waals surface area contributed by atoms with Crippen LogP contribution in [0.1, 0.15) is 0 Å². The fraction of sp³-hybridized carbons (Fsp3) is 0.500. The molecule has 4 N–H and O–H groups in total. The summed E-state index contributed by atoms with van der Waals surface area (Å²) >= 11 is 0.